The minimum atomic E-state index is 0.330. The molecular formula is C10H15NO. The van der Waals surface area contributed by atoms with Gasteiger partial charge in [-0.2, -0.15) is 0 Å². The molecule has 2 heteroatoms. The first-order chi connectivity index (χ1) is 5.74. The molecule has 0 unspecified atom stereocenters. The fourth-order valence-electron chi connectivity index (χ4n) is 1.25. The molecule has 0 bridgehead atoms. The minimum absolute atomic E-state index is 0.330. The van der Waals surface area contributed by atoms with Gasteiger partial charge in [0.25, 0.3) is 0 Å². The highest BCUT2D eigenvalue weighted by Crippen LogP contribution is 2.21. The van der Waals surface area contributed by atoms with Gasteiger partial charge >= 0.3 is 0 Å². The summed E-state index contributed by atoms with van der Waals surface area (Å²) in [6.45, 7) is 2.80. The smallest absolute Gasteiger partial charge is 0.115 e. The Hall–Kier alpha value is -1.02. The van der Waals surface area contributed by atoms with Gasteiger partial charge in [0, 0.05) is 0 Å². The molecule has 0 aliphatic rings. The third-order valence-corrected chi connectivity index (χ3v) is 2.04. The third kappa shape index (κ3) is 2.24. The largest absolute Gasteiger partial charge is 0.508 e. The van der Waals surface area contributed by atoms with Crippen molar-refractivity contribution >= 4 is 0 Å². The highest BCUT2D eigenvalue weighted by Gasteiger charge is 2.03. The molecule has 1 atom stereocenters. The lowest BCUT2D eigenvalue weighted by atomic mass is 9.98. The molecule has 0 radical (unpaired) electrons. The molecule has 0 heterocycles. The predicted molar refractivity (Wildman–Crippen MR) is 50.2 cm³/mol. The van der Waals surface area contributed by atoms with Crippen molar-refractivity contribution in [3.8, 4) is 5.75 Å². The molecule has 66 valence electrons. The number of phenolic OH excluding ortho intramolecular Hbond substituents is 1. The average Bonchev–Trinajstić information content (AvgIpc) is 2.05. The van der Waals surface area contributed by atoms with E-state index in [0.29, 0.717) is 18.2 Å². The zero-order valence-corrected chi connectivity index (χ0v) is 7.33. The number of rotatable bonds is 3. The third-order valence-electron chi connectivity index (χ3n) is 2.04. The second kappa shape index (κ2) is 4.12. The van der Waals surface area contributed by atoms with Gasteiger partial charge in [-0.25, -0.2) is 0 Å². The monoisotopic (exact) mass is 165 g/mol. The molecule has 3 N–H and O–H groups in total. The second-order valence-corrected chi connectivity index (χ2v) is 3.07. The molecule has 0 aliphatic carbocycles. The lowest BCUT2D eigenvalue weighted by Gasteiger charge is -2.09. The Morgan fingerprint density at radius 3 is 2.83 bits per heavy atom. The summed E-state index contributed by atoms with van der Waals surface area (Å²) < 4.78 is 0. The summed E-state index contributed by atoms with van der Waals surface area (Å²) in [6.07, 6.45) is 0.962. The highest BCUT2D eigenvalue weighted by atomic mass is 16.3. The Morgan fingerprint density at radius 1 is 1.50 bits per heavy atom. The van der Waals surface area contributed by atoms with Gasteiger partial charge in [0.1, 0.15) is 5.75 Å². The van der Waals surface area contributed by atoms with Gasteiger partial charge in [0.05, 0.1) is 0 Å². The van der Waals surface area contributed by atoms with Crippen LogP contribution < -0.4 is 5.73 Å². The van der Waals surface area contributed by atoms with E-state index in [1.807, 2.05) is 12.1 Å². The number of hydrogen-bond acceptors (Lipinski definition) is 2. The van der Waals surface area contributed by atoms with E-state index in [1.165, 1.54) is 0 Å². The van der Waals surface area contributed by atoms with Gasteiger partial charge in [-0.05, 0) is 36.6 Å². The van der Waals surface area contributed by atoms with Crippen LogP contribution in [0.1, 0.15) is 24.8 Å². The van der Waals surface area contributed by atoms with Crippen molar-refractivity contribution in [3.63, 3.8) is 0 Å². The van der Waals surface area contributed by atoms with E-state index < -0.39 is 0 Å². The summed E-state index contributed by atoms with van der Waals surface area (Å²) in [4.78, 5) is 0. The molecule has 1 aromatic carbocycles. The van der Waals surface area contributed by atoms with Crippen LogP contribution in [-0.4, -0.2) is 11.7 Å². The summed E-state index contributed by atoms with van der Waals surface area (Å²) in [6, 6.07) is 7.34. The number of phenols is 1. The van der Waals surface area contributed by atoms with E-state index in [-0.39, 0.29) is 0 Å². The molecule has 0 saturated heterocycles. The lowest BCUT2D eigenvalue weighted by Crippen LogP contribution is -2.04. The molecule has 1 aromatic rings. The van der Waals surface area contributed by atoms with Gasteiger partial charge in [-0.1, -0.05) is 19.1 Å². The van der Waals surface area contributed by atoms with Gasteiger partial charge in [0.15, 0.2) is 0 Å². The van der Waals surface area contributed by atoms with Crippen LogP contribution in [0.25, 0.3) is 0 Å². The maximum Gasteiger partial charge on any atom is 0.115 e. The quantitative estimate of drug-likeness (QED) is 0.718. The standard InChI is InChI=1S/C10H15NO/c1-8(5-6-11)9-3-2-4-10(12)7-9/h2-4,7-8,12H,5-6,11H2,1H3/t8-/m1/s1. The summed E-state index contributed by atoms with van der Waals surface area (Å²) in [5.74, 6) is 0.762. The maximum absolute atomic E-state index is 9.20. The number of aromatic hydroxyl groups is 1. The van der Waals surface area contributed by atoms with Crippen LogP contribution >= 0.6 is 0 Å². The zero-order chi connectivity index (χ0) is 8.97. The second-order valence-electron chi connectivity index (χ2n) is 3.07. The fraction of sp³-hybridized carbons (Fsp3) is 0.400. The van der Waals surface area contributed by atoms with Gasteiger partial charge in [-0.3, -0.25) is 0 Å². The Morgan fingerprint density at radius 2 is 2.25 bits per heavy atom. The highest BCUT2D eigenvalue weighted by molar-refractivity contribution is 5.29. The number of benzene rings is 1. The Kier molecular flexibility index (Phi) is 3.11. The van der Waals surface area contributed by atoms with Gasteiger partial charge in [0.2, 0.25) is 0 Å². The average molecular weight is 165 g/mol. The first-order valence-corrected chi connectivity index (χ1v) is 4.23. The molecule has 12 heavy (non-hydrogen) atoms. The molecular weight excluding hydrogens is 150 g/mol. The molecule has 1 rings (SSSR count). The molecule has 0 saturated carbocycles. The summed E-state index contributed by atoms with van der Waals surface area (Å²) in [5, 5.41) is 9.20. The summed E-state index contributed by atoms with van der Waals surface area (Å²) in [7, 11) is 0. The minimum Gasteiger partial charge on any atom is -0.508 e. The van der Waals surface area contributed by atoms with Crippen LogP contribution in [-0.2, 0) is 0 Å². The van der Waals surface area contributed by atoms with Crippen LogP contribution in [0.3, 0.4) is 0 Å². The van der Waals surface area contributed by atoms with Crippen LogP contribution in [0.5, 0.6) is 5.75 Å². The maximum atomic E-state index is 9.20. The topological polar surface area (TPSA) is 46.2 Å². The molecule has 0 aliphatic heterocycles. The Balaban J connectivity index is 2.73. The van der Waals surface area contributed by atoms with Crippen molar-refractivity contribution in [2.75, 3.05) is 6.54 Å². The van der Waals surface area contributed by atoms with Crippen molar-refractivity contribution in [3.05, 3.63) is 29.8 Å². The predicted octanol–water partition coefficient (Wildman–Crippen LogP) is 1.84. The Labute approximate surface area is 73.0 Å². The van der Waals surface area contributed by atoms with Crippen LogP contribution in [0.4, 0.5) is 0 Å². The first kappa shape index (κ1) is 9.07. The molecule has 0 amide bonds. The summed E-state index contributed by atoms with van der Waals surface area (Å²) in [5.41, 5.74) is 6.60. The SMILES string of the molecule is C[C@H](CCN)c1cccc(O)c1. The van der Waals surface area contributed by atoms with Crippen molar-refractivity contribution in [2.45, 2.75) is 19.3 Å². The molecule has 0 spiro atoms. The van der Waals surface area contributed by atoms with Crippen LogP contribution in [0.15, 0.2) is 24.3 Å². The molecule has 2 nitrogen and oxygen atoms in total. The van der Waals surface area contributed by atoms with Gasteiger partial charge < -0.3 is 10.8 Å². The van der Waals surface area contributed by atoms with E-state index >= 15 is 0 Å². The van der Waals surface area contributed by atoms with E-state index in [4.69, 9.17) is 5.73 Å². The molecule has 0 fully saturated rings. The van der Waals surface area contributed by atoms with E-state index in [2.05, 4.69) is 6.92 Å². The Bertz CT molecular complexity index is 247. The summed E-state index contributed by atoms with van der Waals surface area (Å²) >= 11 is 0. The number of hydrogen-bond donors (Lipinski definition) is 2. The fourth-order valence-corrected chi connectivity index (χ4v) is 1.25. The van der Waals surface area contributed by atoms with Crippen molar-refractivity contribution in [2.24, 2.45) is 5.73 Å². The van der Waals surface area contributed by atoms with Crippen LogP contribution in [0, 0.1) is 0 Å². The van der Waals surface area contributed by atoms with E-state index in [9.17, 15) is 5.11 Å². The van der Waals surface area contributed by atoms with Gasteiger partial charge in [-0.15, -0.1) is 0 Å². The van der Waals surface area contributed by atoms with Crippen LogP contribution in [0.2, 0.25) is 0 Å². The normalized spacial score (nSPS) is 12.8. The molecule has 0 aromatic heterocycles. The lowest BCUT2D eigenvalue weighted by molar-refractivity contribution is 0.473. The zero-order valence-electron chi connectivity index (χ0n) is 7.33. The van der Waals surface area contributed by atoms with Crippen molar-refractivity contribution < 1.29 is 5.11 Å². The van der Waals surface area contributed by atoms with Crippen molar-refractivity contribution in [1.29, 1.82) is 0 Å². The van der Waals surface area contributed by atoms with Crippen molar-refractivity contribution in [1.82, 2.24) is 0 Å². The number of nitrogens with two attached hydrogens (primary N) is 1. The van der Waals surface area contributed by atoms with E-state index in [0.717, 1.165) is 12.0 Å². The first-order valence-electron chi connectivity index (χ1n) is 4.23. The van der Waals surface area contributed by atoms with E-state index in [1.54, 1.807) is 12.1 Å².